The average Bonchev–Trinajstić information content (AvgIpc) is 2.71. The van der Waals surface area contributed by atoms with Crippen LogP contribution in [0.25, 0.3) is 10.9 Å². The van der Waals surface area contributed by atoms with Crippen molar-refractivity contribution in [2.24, 2.45) is 0 Å². The highest BCUT2D eigenvalue weighted by Gasteiger charge is 2.18. The van der Waals surface area contributed by atoms with Crippen molar-refractivity contribution in [3.63, 3.8) is 0 Å². The fraction of sp³-hybridized carbons (Fsp3) is 0.308. The molecule has 0 amide bonds. The molecule has 2 aromatic rings. The van der Waals surface area contributed by atoms with Crippen LogP contribution >= 0.6 is 0 Å². The number of carboxylic acid groups (broad SMARTS) is 1. The number of nitrogens with one attached hydrogen (secondary N) is 1. The molecule has 1 aromatic carbocycles. The van der Waals surface area contributed by atoms with Crippen molar-refractivity contribution in [1.29, 1.82) is 0 Å². The zero-order valence-electron chi connectivity index (χ0n) is 9.45. The molecule has 3 heteroatoms. The summed E-state index contributed by atoms with van der Waals surface area (Å²) in [4.78, 5) is 14.2. The van der Waals surface area contributed by atoms with Gasteiger partial charge in [-0.2, -0.15) is 0 Å². The molecule has 0 aliphatic heterocycles. The Balaban J connectivity index is 2.67. The van der Waals surface area contributed by atoms with Gasteiger partial charge in [-0.25, -0.2) is 0 Å². The fourth-order valence-electron chi connectivity index (χ4n) is 2.06. The third kappa shape index (κ3) is 1.58. The molecule has 1 atom stereocenters. The standard InChI is InChI=1S/C13H15NO2/c1-3-9-5-4-6-11-12(9)10(7-14-11)8(2)13(15)16/h4-8,14H,3H2,1-2H3,(H,15,16). The number of hydrogen-bond acceptors (Lipinski definition) is 1. The largest absolute Gasteiger partial charge is 0.481 e. The van der Waals surface area contributed by atoms with E-state index in [9.17, 15) is 4.79 Å². The predicted molar refractivity (Wildman–Crippen MR) is 63.7 cm³/mol. The lowest BCUT2D eigenvalue weighted by Crippen LogP contribution is -2.07. The molecule has 0 aliphatic carbocycles. The number of benzene rings is 1. The molecule has 0 radical (unpaired) electrons. The van der Waals surface area contributed by atoms with Crippen molar-refractivity contribution in [3.05, 3.63) is 35.5 Å². The van der Waals surface area contributed by atoms with Crippen LogP contribution in [0.2, 0.25) is 0 Å². The van der Waals surface area contributed by atoms with Gasteiger partial charge in [0.1, 0.15) is 0 Å². The van der Waals surface area contributed by atoms with Gasteiger partial charge in [0.2, 0.25) is 0 Å². The Morgan fingerprint density at radius 2 is 2.25 bits per heavy atom. The Bertz CT molecular complexity index is 528. The van der Waals surface area contributed by atoms with Crippen molar-refractivity contribution in [2.75, 3.05) is 0 Å². The van der Waals surface area contributed by atoms with E-state index in [0.29, 0.717) is 0 Å². The summed E-state index contributed by atoms with van der Waals surface area (Å²) >= 11 is 0. The molecule has 1 heterocycles. The van der Waals surface area contributed by atoms with E-state index < -0.39 is 11.9 Å². The van der Waals surface area contributed by atoms with Crippen LogP contribution < -0.4 is 0 Å². The molecule has 1 unspecified atom stereocenters. The van der Waals surface area contributed by atoms with Crippen molar-refractivity contribution >= 4 is 16.9 Å². The molecule has 84 valence electrons. The van der Waals surface area contributed by atoms with Crippen LogP contribution in [-0.4, -0.2) is 16.1 Å². The summed E-state index contributed by atoms with van der Waals surface area (Å²) in [7, 11) is 0. The van der Waals surface area contributed by atoms with Crippen LogP contribution in [0.15, 0.2) is 24.4 Å². The lowest BCUT2D eigenvalue weighted by Gasteiger charge is -2.07. The minimum absolute atomic E-state index is 0.471. The third-order valence-electron chi connectivity index (χ3n) is 3.04. The monoisotopic (exact) mass is 217 g/mol. The van der Waals surface area contributed by atoms with Gasteiger partial charge in [-0.3, -0.25) is 4.79 Å². The number of H-pyrrole nitrogens is 1. The maximum absolute atomic E-state index is 11.0. The van der Waals surface area contributed by atoms with Gasteiger partial charge in [0.05, 0.1) is 5.92 Å². The summed E-state index contributed by atoms with van der Waals surface area (Å²) in [6, 6.07) is 6.02. The van der Waals surface area contributed by atoms with Gasteiger partial charge in [-0.1, -0.05) is 19.1 Å². The number of carbonyl (C=O) groups is 1. The molecule has 0 bridgehead atoms. The molecule has 16 heavy (non-hydrogen) atoms. The number of aromatic nitrogens is 1. The van der Waals surface area contributed by atoms with Gasteiger partial charge >= 0.3 is 5.97 Å². The van der Waals surface area contributed by atoms with E-state index in [0.717, 1.165) is 22.9 Å². The van der Waals surface area contributed by atoms with Gasteiger partial charge in [0.25, 0.3) is 0 Å². The van der Waals surface area contributed by atoms with Crippen molar-refractivity contribution in [3.8, 4) is 0 Å². The number of aromatic amines is 1. The van der Waals surface area contributed by atoms with Crippen molar-refractivity contribution in [1.82, 2.24) is 4.98 Å². The van der Waals surface area contributed by atoms with E-state index in [1.165, 1.54) is 5.56 Å². The van der Waals surface area contributed by atoms with Gasteiger partial charge in [0.15, 0.2) is 0 Å². The first-order valence-corrected chi connectivity index (χ1v) is 5.46. The Morgan fingerprint density at radius 1 is 1.50 bits per heavy atom. The summed E-state index contributed by atoms with van der Waals surface area (Å²) < 4.78 is 0. The van der Waals surface area contributed by atoms with Gasteiger partial charge in [-0.05, 0) is 30.5 Å². The van der Waals surface area contributed by atoms with Gasteiger partial charge in [0, 0.05) is 17.1 Å². The summed E-state index contributed by atoms with van der Waals surface area (Å²) in [5.41, 5.74) is 3.09. The maximum Gasteiger partial charge on any atom is 0.310 e. The van der Waals surface area contributed by atoms with Crippen LogP contribution in [0.4, 0.5) is 0 Å². The number of rotatable bonds is 3. The molecule has 1 aromatic heterocycles. The quantitative estimate of drug-likeness (QED) is 0.830. The smallest absolute Gasteiger partial charge is 0.310 e. The van der Waals surface area contributed by atoms with Crippen LogP contribution in [0.5, 0.6) is 0 Å². The number of hydrogen-bond donors (Lipinski definition) is 2. The topological polar surface area (TPSA) is 53.1 Å². The van der Waals surface area contributed by atoms with E-state index >= 15 is 0 Å². The summed E-state index contributed by atoms with van der Waals surface area (Å²) in [6.07, 6.45) is 2.72. The lowest BCUT2D eigenvalue weighted by atomic mass is 9.96. The minimum Gasteiger partial charge on any atom is -0.481 e. The second-order valence-corrected chi connectivity index (χ2v) is 4.00. The Kier molecular flexibility index (Phi) is 2.69. The molecule has 2 rings (SSSR count). The molecule has 3 nitrogen and oxygen atoms in total. The van der Waals surface area contributed by atoms with E-state index in [-0.39, 0.29) is 0 Å². The Labute approximate surface area is 94.1 Å². The second kappa shape index (κ2) is 4.00. The first kappa shape index (κ1) is 10.7. The Morgan fingerprint density at radius 3 is 2.88 bits per heavy atom. The first-order chi connectivity index (χ1) is 7.65. The zero-order valence-corrected chi connectivity index (χ0v) is 9.45. The summed E-state index contributed by atoms with van der Waals surface area (Å²) in [6.45, 7) is 3.80. The third-order valence-corrected chi connectivity index (χ3v) is 3.04. The van der Waals surface area contributed by atoms with Crippen LogP contribution in [0.3, 0.4) is 0 Å². The molecular weight excluding hydrogens is 202 g/mol. The molecule has 0 spiro atoms. The molecule has 0 saturated heterocycles. The number of fused-ring (bicyclic) bond motifs is 1. The first-order valence-electron chi connectivity index (χ1n) is 5.46. The molecule has 0 aliphatic rings. The zero-order chi connectivity index (χ0) is 11.7. The highest BCUT2D eigenvalue weighted by atomic mass is 16.4. The average molecular weight is 217 g/mol. The molecule has 0 saturated carbocycles. The molecule has 0 fully saturated rings. The maximum atomic E-state index is 11.0. The van der Waals surface area contributed by atoms with Crippen LogP contribution in [0.1, 0.15) is 30.9 Å². The van der Waals surface area contributed by atoms with E-state index in [1.807, 2.05) is 24.4 Å². The van der Waals surface area contributed by atoms with Gasteiger partial charge in [-0.15, -0.1) is 0 Å². The SMILES string of the molecule is CCc1cccc2[nH]cc(C(C)C(=O)O)c12. The van der Waals surface area contributed by atoms with Crippen LogP contribution in [0, 0.1) is 0 Å². The van der Waals surface area contributed by atoms with Gasteiger partial charge < -0.3 is 10.1 Å². The predicted octanol–water partition coefficient (Wildman–Crippen LogP) is 2.92. The van der Waals surface area contributed by atoms with E-state index in [4.69, 9.17) is 5.11 Å². The van der Waals surface area contributed by atoms with Crippen LogP contribution in [-0.2, 0) is 11.2 Å². The highest BCUT2D eigenvalue weighted by Crippen LogP contribution is 2.28. The van der Waals surface area contributed by atoms with E-state index in [2.05, 4.69) is 11.9 Å². The number of aryl methyl sites for hydroxylation is 1. The fourth-order valence-corrected chi connectivity index (χ4v) is 2.06. The van der Waals surface area contributed by atoms with E-state index in [1.54, 1.807) is 6.92 Å². The molecular formula is C13H15NO2. The van der Waals surface area contributed by atoms with Crippen molar-refractivity contribution in [2.45, 2.75) is 26.2 Å². The lowest BCUT2D eigenvalue weighted by molar-refractivity contribution is -0.138. The Hall–Kier alpha value is -1.77. The molecule has 2 N–H and O–H groups in total. The summed E-state index contributed by atoms with van der Waals surface area (Å²) in [5, 5.41) is 10.1. The highest BCUT2D eigenvalue weighted by molar-refractivity contribution is 5.91. The van der Waals surface area contributed by atoms with Crippen molar-refractivity contribution < 1.29 is 9.90 Å². The summed E-state index contributed by atoms with van der Waals surface area (Å²) in [5.74, 6) is -1.26. The second-order valence-electron chi connectivity index (χ2n) is 4.00. The minimum atomic E-state index is -0.785. The number of carboxylic acids is 1. The normalized spacial score (nSPS) is 12.9. The number of aliphatic carboxylic acids is 1.